The molecule has 20 heavy (non-hydrogen) atoms. The second kappa shape index (κ2) is 5.44. The molecule has 7 nitrogen and oxygen atoms in total. The van der Waals surface area contributed by atoms with Crippen molar-refractivity contribution >= 4 is 30.4 Å². The number of hydrogen-bond donors (Lipinski definition) is 3. The van der Waals surface area contributed by atoms with E-state index < -0.39 is 30.9 Å². The minimum atomic E-state index is -1.57. The molecule has 0 radical (unpaired) electrons. The Morgan fingerprint density at radius 2 is 1.80 bits per heavy atom. The molecule has 2 rings (SSSR count). The molecule has 1 aromatic rings. The van der Waals surface area contributed by atoms with Gasteiger partial charge in [-0.2, -0.15) is 0 Å². The Bertz CT molecular complexity index is 557. The van der Waals surface area contributed by atoms with Crippen molar-refractivity contribution in [3.63, 3.8) is 0 Å². The van der Waals surface area contributed by atoms with Crippen molar-refractivity contribution in [3.05, 3.63) is 29.8 Å². The molecule has 0 spiro atoms. The molecule has 1 fully saturated rings. The summed E-state index contributed by atoms with van der Waals surface area (Å²) in [5.74, 6) is -2.05. The maximum atomic E-state index is 11.9. The van der Waals surface area contributed by atoms with Crippen LogP contribution in [0.4, 0.5) is 4.79 Å². The fourth-order valence-corrected chi connectivity index (χ4v) is 1.85. The second-order valence-corrected chi connectivity index (χ2v) is 4.56. The number of benzene rings is 1. The van der Waals surface area contributed by atoms with Crippen LogP contribution in [-0.4, -0.2) is 39.9 Å². The van der Waals surface area contributed by atoms with Crippen LogP contribution in [0.5, 0.6) is 0 Å². The van der Waals surface area contributed by atoms with E-state index in [1.165, 1.54) is 19.1 Å². The topological polar surface area (TPSA) is 107 Å². The van der Waals surface area contributed by atoms with Gasteiger partial charge in [-0.05, 0) is 17.9 Å². The van der Waals surface area contributed by atoms with Crippen LogP contribution in [0.2, 0.25) is 0 Å². The van der Waals surface area contributed by atoms with E-state index in [1.54, 1.807) is 12.1 Å². The molecule has 4 amide bonds. The minimum absolute atomic E-state index is 0.0179. The number of barbiturate groups is 1. The van der Waals surface area contributed by atoms with E-state index in [4.69, 9.17) is 10.0 Å². The Kier molecular flexibility index (Phi) is 3.87. The Balaban J connectivity index is 2.14. The van der Waals surface area contributed by atoms with Crippen LogP contribution in [0.1, 0.15) is 12.5 Å². The molecular formula is C12H13BN2O5. The van der Waals surface area contributed by atoms with Gasteiger partial charge in [0.05, 0.1) is 6.54 Å². The summed E-state index contributed by atoms with van der Waals surface area (Å²) in [5, 5.41) is 20.1. The van der Waals surface area contributed by atoms with Crippen molar-refractivity contribution < 1.29 is 24.4 Å². The molecule has 0 bridgehead atoms. The van der Waals surface area contributed by atoms with E-state index in [0.717, 1.165) is 4.90 Å². The normalized spacial score (nSPS) is 19.1. The summed E-state index contributed by atoms with van der Waals surface area (Å²) in [6, 6.07) is 5.39. The molecule has 1 aliphatic heterocycles. The number of urea groups is 1. The number of imide groups is 2. The first-order valence-corrected chi connectivity index (χ1v) is 6.01. The van der Waals surface area contributed by atoms with Gasteiger partial charge in [0.25, 0.3) is 0 Å². The van der Waals surface area contributed by atoms with Crippen LogP contribution in [-0.2, 0) is 16.1 Å². The number of hydrogen-bond acceptors (Lipinski definition) is 5. The predicted octanol–water partition coefficient (Wildman–Crippen LogP) is -1.42. The fraction of sp³-hybridized carbons (Fsp3) is 0.250. The van der Waals surface area contributed by atoms with Crippen LogP contribution >= 0.6 is 0 Å². The van der Waals surface area contributed by atoms with E-state index in [9.17, 15) is 14.4 Å². The van der Waals surface area contributed by atoms with Crippen molar-refractivity contribution in [2.24, 2.45) is 5.92 Å². The van der Waals surface area contributed by atoms with Gasteiger partial charge in [0, 0.05) is 0 Å². The number of amides is 4. The van der Waals surface area contributed by atoms with Gasteiger partial charge in [0.1, 0.15) is 5.92 Å². The summed E-state index contributed by atoms with van der Waals surface area (Å²) in [6.07, 6.45) is 0. The van der Waals surface area contributed by atoms with Gasteiger partial charge >= 0.3 is 13.1 Å². The number of nitrogens with one attached hydrogen (secondary N) is 1. The molecule has 8 heteroatoms. The van der Waals surface area contributed by atoms with E-state index in [2.05, 4.69) is 5.32 Å². The summed E-state index contributed by atoms with van der Waals surface area (Å²) in [5.41, 5.74) is 0.950. The summed E-state index contributed by atoms with van der Waals surface area (Å²) in [7, 11) is -1.57. The molecule has 3 N–H and O–H groups in total. The third-order valence-electron chi connectivity index (χ3n) is 3.12. The zero-order chi connectivity index (χ0) is 14.9. The van der Waals surface area contributed by atoms with Gasteiger partial charge < -0.3 is 10.0 Å². The zero-order valence-corrected chi connectivity index (χ0v) is 10.7. The first-order chi connectivity index (χ1) is 9.40. The standard InChI is InChI=1S/C12H13BN2O5/c1-7-10(16)14-12(18)15(11(7)17)6-8-2-4-9(5-3-8)13(19)20/h2-5,7,19-20H,6H2,1H3,(H,14,16,18). The van der Waals surface area contributed by atoms with E-state index in [1.807, 2.05) is 0 Å². The number of carbonyl (C=O) groups is 3. The monoisotopic (exact) mass is 276 g/mol. The predicted molar refractivity (Wildman–Crippen MR) is 69.5 cm³/mol. The fourth-order valence-electron chi connectivity index (χ4n) is 1.85. The van der Waals surface area contributed by atoms with Crippen molar-refractivity contribution in [2.75, 3.05) is 0 Å². The Morgan fingerprint density at radius 1 is 1.20 bits per heavy atom. The molecule has 0 aliphatic carbocycles. The highest BCUT2D eigenvalue weighted by molar-refractivity contribution is 6.58. The van der Waals surface area contributed by atoms with Gasteiger partial charge in [-0.15, -0.1) is 0 Å². The summed E-state index contributed by atoms with van der Waals surface area (Å²) in [6.45, 7) is 1.45. The average Bonchev–Trinajstić information content (AvgIpc) is 2.42. The highest BCUT2D eigenvalue weighted by Gasteiger charge is 2.37. The van der Waals surface area contributed by atoms with Gasteiger partial charge in [0.2, 0.25) is 11.8 Å². The molecule has 104 valence electrons. The Labute approximate surface area is 115 Å². The van der Waals surface area contributed by atoms with Crippen molar-refractivity contribution in [1.82, 2.24) is 10.2 Å². The number of rotatable bonds is 3. The first kappa shape index (κ1) is 14.2. The second-order valence-electron chi connectivity index (χ2n) is 4.56. The lowest BCUT2D eigenvalue weighted by atomic mass is 9.80. The lowest BCUT2D eigenvalue weighted by molar-refractivity contribution is -0.142. The summed E-state index contributed by atoms with van der Waals surface area (Å²) < 4.78 is 0. The smallest absolute Gasteiger partial charge is 0.423 e. The summed E-state index contributed by atoms with van der Waals surface area (Å²) in [4.78, 5) is 35.8. The molecular weight excluding hydrogens is 263 g/mol. The largest absolute Gasteiger partial charge is 0.488 e. The molecule has 1 aromatic carbocycles. The van der Waals surface area contributed by atoms with Crippen molar-refractivity contribution in [2.45, 2.75) is 13.5 Å². The molecule has 1 heterocycles. The van der Waals surface area contributed by atoms with Crippen LogP contribution < -0.4 is 10.8 Å². The maximum Gasteiger partial charge on any atom is 0.488 e. The molecule has 1 atom stereocenters. The van der Waals surface area contributed by atoms with Crippen LogP contribution in [0.25, 0.3) is 0 Å². The lowest BCUT2D eigenvalue weighted by Crippen LogP contribution is -2.56. The van der Waals surface area contributed by atoms with Gasteiger partial charge in [-0.1, -0.05) is 24.3 Å². The number of carbonyl (C=O) groups excluding carboxylic acids is 3. The van der Waals surface area contributed by atoms with Crippen molar-refractivity contribution in [1.29, 1.82) is 0 Å². The van der Waals surface area contributed by atoms with Gasteiger partial charge in [-0.3, -0.25) is 19.8 Å². The minimum Gasteiger partial charge on any atom is -0.423 e. The molecule has 0 aromatic heterocycles. The number of nitrogens with zero attached hydrogens (tertiary/aromatic N) is 1. The van der Waals surface area contributed by atoms with E-state index >= 15 is 0 Å². The quantitative estimate of drug-likeness (QED) is 0.464. The third kappa shape index (κ3) is 2.71. The first-order valence-electron chi connectivity index (χ1n) is 6.01. The average molecular weight is 276 g/mol. The summed E-state index contributed by atoms with van der Waals surface area (Å²) >= 11 is 0. The Morgan fingerprint density at radius 3 is 2.35 bits per heavy atom. The zero-order valence-electron chi connectivity index (χ0n) is 10.7. The van der Waals surface area contributed by atoms with Crippen LogP contribution in [0, 0.1) is 5.92 Å². The van der Waals surface area contributed by atoms with Gasteiger partial charge in [-0.25, -0.2) is 4.79 Å². The van der Waals surface area contributed by atoms with Crippen LogP contribution in [0.15, 0.2) is 24.3 Å². The molecule has 1 aliphatic rings. The molecule has 1 saturated heterocycles. The van der Waals surface area contributed by atoms with E-state index in [0.29, 0.717) is 11.0 Å². The van der Waals surface area contributed by atoms with Gasteiger partial charge in [0.15, 0.2) is 0 Å². The molecule has 0 saturated carbocycles. The third-order valence-corrected chi connectivity index (χ3v) is 3.12. The van der Waals surface area contributed by atoms with Crippen molar-refractivity contribution in [3.8, 4) is 0 Å². The Hall–Kier alpha value is -2.19. The van der Waals surface area contributed by atoms with Crippen LogP contribution in [0.3, 0.4) is 0 Å². The SMILES string of the molecule is CC1C(=O)NC(=O)N(Cc2ccc(B(O)O)cc2)C1=O. The van der Waals surface area contributed by atoms with E-state index in [-0.39, 0.29) is 6.54 Å². The highest BCUT2D eigenvalue weighted by Crippen LogP contribution is 2.13. The molecule has 1 unspecified atom stereocenters. The highest BCUT2D eigenvalue weighted by atomic mass is 16.4. The lowest BCUT2D eigenvalue weighted by Gasteiger charge is -2.28. The maximum absolute atomic E-state index is 11.9.